The van der Waals surface area contributed by atoms with E-state index < -0.39 is 17.9 Å². The molecule has 6 nitrogen and oxygen atoms in total. The number of methoxy groups -OCH3 is 1. The minimum atomic E-state index is -1.09. The number of carboxylic acid groups (broad SMARTS) is 1. The Bertz CT molecular complexity index is 504. The van der Waals surface area contributed by atoms with Gasteiger partial charge in [-0.15, -0.1) is 0 Å². The molecule has 122 valence electrons. The second-order valence-electron chi connectivity index (χ2n) is 5.88. The van der Waals surface area contributed by atoms with Crippen molar-refractivity contribution in [3.8, 4) is 5.75 Å². The van der Waals surface area contributed by atoms with Crippen molar-refractivity contribution in [3.63, 3.8) is 0 Å². The predicted molar refractivity (Wildman–Crippen MR) is 82.2 cm³/mol. The number of carboxylic acids is 1. The van der Waals surface area contributed by atoms with Gasteiger partial charge < -0.3 is 19.9 Å². The van der Waals surface area contributed by atoms with E-state index in [1.165, 1.54) is 7.11 Å². The van der Waals surface area contributed by atoms with Crippen LogP contribution in [0, 0.1) is 0 Å². The van der Waals surface area contributed by atoms with Crippen molar-refractivity contribution >= 4 is 11.9 Å². The molecule has 1 atom stereocenters. The lowest BCUT2D eigenvalue weighted by Gasteiger charge is -2.21. The van der Waals surface area contributed by atoms with Crippen molar-refractivity contribution in [2.45, 2.75) is 38.8 Å². The quantitative estimate of drug-likeness (QED) is 0.805. The zero-order valence-electron chi connectivity index (χ0n) is 13.4. The molecule has 0 saturated carbocycles. The molecule has 0 aliphatic rings. The number of amides is 1. The molecular weight excluding hydrogens is 286 g/mol. The average molecular weight is 309 g/mol. The van der Waals surface area contributed by atoms with Gasteiger partial charge in [0, 0.05) is 25.7 Å². The number of carbonyl (C=O) groups is 2. The molecule has 0 aliphatic heterocycles. The molecule has 1 aromatic rings. The highest BCUT2D eigenvalue weighted by atomic mass is 16.5. The third-order valence-electron chi connectivity index (χ3n) is 2.75. The Balaban J connectivity index is 2.70. The van der Waals surface area contributed by atoms with Crippen molar-refractivity contribution in [2.24, 2.45) is 0 Å². The maximum absolute atomic E-state index is 12.1. The molecule has 0 aliphatic carbocycles. The van der Waals surface area contributed by atoms with Gasteiger partial charge in [0.25, 0.3) is 5.91 Å². The Kier molecular flexibility index (Phi) is 6.37. The van der Waals surface area contributed by atoms with Crippen molar-refractivity contribution in [3.05, 3.63) is 29.8 Å². The van der Waals surface area contributed by atoms with Gasteiger partial charge in [-0.25, -0.2) is 4.79 Å². The summed E-state index contributed by atoms with van der Waals surface area (Å²) in [6, 6.07) is 5.60. The Morgan fingerprint density at radius 3 is 2.27 bits per heavy atom. The number of ether oxygens (including phenoxy) is 2. The van der Waals surface area contributed by atoms with E-state index >= 15 is 0 Å². The van der Waals surface area contributed by atoms with Crippen LogP contribution in [-0.2, 0) is 9.53 Å². The minimum absolute atomic E-state index is 0.211. The summed E-state index contributed by atoms with van der Waals surface area (Å²) in [7, 11) is 1.48. The van der Waals surface area contributed by atoms with Crippen LogP contribution in [0.15, 0.2) is 24.3 Å². The summed E-state index contributed by atoms with van der Waals surface area (Å²) >= 11 is 0. The third-order valence-corrected chi connectivity index (χ3v) is 2.75. The first-order valence-electron chi connectivity index (χ1n) is 7.04. The monoisotopic (exact) mass is 309 g/mol. The second kappa shape index (κ2) is 7.79. The van der Waals surface area contributed by atoms with Crippen LogP contribution < -0.4 is 10.1 Å². The number of aliphatic carboxylic acids is 1. The van der Waals surface area contributed by atoms with Crippen LogP contribution in [0.1, 0.15) is 37.6 Å². The zero-order valence-corrected chi connectivity index (χ0v) is 13.4. The Labute approximate surface area is 130 Å². The van der Waals surface area contributed by atoms with E-state index in [9.17, 15) is 9.59 Å². The van der Waals surface area contributed by atoms with E-state index in [-0.39, 0.29) is 18.6 Å². The fourth-order valence-electron chi connectivity index (χ4n) is 1.76. The minimum Gasteiger partial charge on any atom is -0.488 e. The Hall–Kier alpha value is -2.08. The smallest absolute Gasteiger partial charge is 0.326 e. The number of benzene rings is 1. The molecule has 6 heteroatoms. The number of hydrogen-bond donors (Lipinski definition) is 2. The van der Waals surface area contributed by atoms with E-state index in [1.54, 1.807) is 24.3 Å². The Morgan fingerprint density at radius 2 is 1.82 bits per heavy atom. The van der Waals surface area contributed by atoms with Gasteiger partial charge in [-0.05, 0) is 45.0 Å². The van der Waals surface area contributed by atoms with Crippen LogP contribution in [0.25, 0.3) is 0 Å². The molecular formula is C16H23NO5. The van der Waals surface area contributed by atoms with Gasteiger partial charge in [0.15, 0.2) is 0 Å². The maximum atomic E-state index is 12.1. The van der Waals surface area contributed by atoms with E-state index in [0.29, 0.717) is 11.3 Å². The normalized spacial score (nSPS) is 12.5. The lowest BCUT2D eigenvalue weighted by atomic mass is 10.1. The van der Waals surface area contributed by atoms with Crippen LogP contribution >= 0.6 is 0 Å². The summed E-state index contributed by atoms with van der Waals surface area (Å²) in [6.45, 7) is 6.05. The average Bonchev–Trinajstić information content (AvgIpc) is 2.42. The van der Waals surface area contributed by atoms with Crippen LogP contribution in [0.4, 0.5) is 0 Å². The first-order chi connectivity index (χ1) is 10.2. The maximum Gasteiger partial charge on any atom is 0.326 e. The summed E-state index contributed by atoms with van der Waals surface area (Å²) < 4.78 is 10.5. The predicted octanol–water partition coefficient (Wildman–Crippen LogP) is 2.08. The number of hydrogen-bond acceptors (Lipinski definition) is 4. The molecule has 1 unspecified atom stereocenters. The Morgan fingerprint density at radius 1 is 1.23 bits per heavy atom. The van der Waals surface area contributed by atoms with Crippen molar-refractivity contribution < 1.29 is 24.2 Å². The number of nitrogens with one attached hydrogen (secondary N) is 1. The van der Waals surface area contributed by atoms with Crippen LogP contribution in [-0.4, -0.2) is 42.3 Å². The summed E-state index contributed by atoms with van der Waals surface area (Å²) in [5.41, 5.74) is 0.0585. The molecule has 1 aromatic carbocycles. The van der Waals surface area contributed by atoms with Gasteiger partial charge >= 0.3 is 5.97 Å². The van der Waals surface area contributed by atoms with E-state index in [4.69, 9.17) is 14.6 Å². The first kappa shape index (κ1) is 18.0. The molecule has 0 bridgehead atoms. The van der Waals surface area contributed by atoms with E-state index in [2.05, 4.69) is 5.32 Å². The molecule has 0 saturated heterocycles. The van der Waals surface area contributed by atoms with Gasteiger partial charge in [-0.3, -0.25) is 4.79 Å². The molecule has 1 amide bonds. The lowest BCUT2D eigenvalue weighted by Crippen LogP contribution is -2.41. The first-order valence-corrected chi connectivity index (χ1v) is 7.04. The highest BCUT2D eigenvalue weighted by molar-refractivity contribution is 5.96. The van der Waals surface area contributed by atoms with Crippen molar-refractivity contribution in [1.29, 1.82) is 0 Å². The fraction of sp³-hybridized carbons (Fsp3) is 0.500. The highest BCUT2D eigenvalue weighted by Gasteiger charge is 2.20. The van der Waals surface area contributed by atoms with Crippen LogP contribution in [0.3, 0.4) is 0 Å². The highest BCUT2D eigenvalue weighted by Crippen LogP contribution is 2.18. The molecule has 0 aromatic heterocycles. The largest absolute Gasteiger partial charge is 0.488 e. The number of carbonyl (C=O) groups excluding carboxylic acids is 1. The van der Waals surface area contributed by atoms with E-state index in [1.807, 2.05) is 20.8 Å². The van der Waals surface area contributed by atoms with Gasteiger partial charge in [0.05, 0.1) is 0 Å². The molecule has 22 heavy (non-hydrogen) atoms. The number of rotatable bonds is 7. The summed E-state index contributed by atoms with van der Waals surface area (Å²) in [4.78, 5) is 23.2. The molecule has 2 N–H and O–H groups in total. The second-order valence-corrected chi connectivity index (χ2v) is 5.88. The standard InChI is InChI=1S/C16H23NO5/c1-16(2,3)22-12-7-5-11(6-8-12)14(18)17-13(15(19)20)9-10-21-4/h5-8,13H,9-10H2,1-4H3,(H,17,18)(H,19,20). The summed E-state index contributed by atoms with van der Waals surface area (Å²) in [5, 5.41) is 11.6. The summed E-state index contributed by atoms with van der Waals surface area (Å²) in [6.07, 6.45) is 0.211. The lowest BCUT2D eigenvalue weighted by molar-refractivity contribution is -0.139. The van der Waals surface area contributed by atoms with E-state index in [0.717, 1.165) is 0 Å². The SMILES string of the molecule is COCCC(NC(=O)c1ccc(OC(C)(C)C)cc1)C(=O)O. The molecule has 0 radical (unpaired) electrons. The topological polar surface area (TPSA) is 84.9 Å². The van der Waals surface area contributed by atoms with Crippen LogP contribution in [0.2, 0.25) is 0 Å². The molecule has 1 rings (SSSR count). The molecule has 0 heterocycles. The van der Waals surface area contributed by atoms with Crippen molar-refractivity contribution in [2.75, 3.05) is 13.7 Å². The van der Waals surface area contributed by atoms with Crippen molar-refractivity contribution in [1.82, 2.24) is 5.32 Å². The van der Waals surface area contributed by atoms with Gasteiger partial charge in [0.1, 0.15) is 17.4 Å². The molecule has 0 spiro atoms. The van der Waals surface area contributed by atoms with Gasteiger partial charge in [-0.1, -0.05) is 0 Å². The van der Waals surface area contributed by atoms with Gasteiger partial charge in [0.2, 0.25) is 0 Å². The van der Waals surface area contributed by atoms with Crippen LogP contribution in [0.5, 0.6) is 5.75 Å². The molecule has 0 fully saturated rings. The fourth-order valence-corrected chi connectivity index (χ4v) is 1.76. The summed E-state index contributed by atoms with van der Waals surface area (Å²) in [5.74, 6) is -0.873. The third kappa shape index (κ3) is 6.13. The zero-order chi connectivity index (χ0) is 16.8. The van der Waals surface area contributed by atoms with Gasteiger partial charge in [-0.2, -0.15) is 0 Å².